The molecule has 2 rings (SSSR count). The normalized spacial score (nSPS) is 14.4. The third-order valence-electron chi connectivity index (χ3n) is 4.24. The van der Waals surface area contributed by atoms with E-state index in [0.29, 0.717) is 19.6 Å². The fraction of sp³-hybridized carbons (Fsp3) is 0.579. The Morgan fingerprint density at radius 2 is 1.85 bits per heavy atom. The van der Waals surface area contributed by atoms with E-state index >= 15 is 0 Å². The van der Waals surface area contributed by atoms with Gasteiger partial charge in [0.1, 0.15) is 0 Å². The molecule has 0 aromatic heterocycles. The Labute approximate surface area is 178 Å². The van der Waals surface area contributed by atoms with Crippen LogP contribution in [-0.4, -0.2) is 38.0 Å². The highest BCUT2D eigenvalue weighted by molar-refractivity contribution is 14.0. The molecule has 1 aromatic carbocycles. The van der Waals surface area contributed by atoms with Gasteiger partial charge < -0.3 is 16.0 Å². The van der Waals surface area contributed by atoms with Crippen molar-refractivity contribution in [2.45, 2.75) is 39.0 Å². The second-order valence-electron chi connectivity index (χ2n) is 7.05. The lowest BCUT2D eigenvalue weighted by atomic mass is 9.85. The maximum Gasteiger partial charge on any atom is 0.223 e. The van der Waals surface area contributed by atoms with Crippen LogP contribution in [0.1, 0.15) is 39.2 Å². The molecule has 0 saturated heterocycles. The number of hydrogen-bond acceptors (Lipinski definition) is 2. The van der Waals surface area contributed by atoms with Crippen LogP contribution in [0.25, 0.3) is 0 Å². The molecule has 1 amide bonds. The largest absolute Gasteiger partial charge is 0.357 e. The maximum atomic E-state index is 11.6. The van der Waals surface area contributed by atoms with Gasteiger partial charge >= 0.3 is 0 Å². The summed E-state index contributed by atoms with van der Waals surface area (Å²) >= 11 is 6.33. The fourth-order valence-electron chi connectivity index (χ4n) is 2.57. The van der Waals surface area contributed by atoms with Crippen LogP contribution in [0.3, 0.4) is 0 Å². The van der Waals surface area contributed by atoms with Crippen LogP contribution in [0, 0.1) is 5.92 Å². The monoisotopic (exact) mass is 492 g/mol. The summed E-state index contributed by atoms with van der Waals surface area (Å²) in [6, 6.07) is 7.89. The summed E-state index contributed by atoms with van der Waals surface area (Å²) in [6.45, 7) is 8.96. The standard InChI is InChI=1S/C19H29ClN4O.HI/c1-4-21-18(23-12-11-22-17(25)14-9-10-14)24-13-19(2,3)15-7-5-6-8-16(15)20;/h5-8,14H,4,9-13H2,1-3H3,(H,22,25)(H2,21,23,24);1H. The average Bonchev–Trinajstić information content (AvgIpc) is 3.41. The van der Waals surface area contributed by atoms with Gasteiger partial charge in [0, 0.05) is 36.0 Å². The third-order valence-corrected chi connectivity index (χ3v) is 4.57. The third kappa shape index (κ3) is 7.31. The van der Waals surface area contributed by atoms with Gasteiger partial charge in [0.2, 0.25) is 5.91 Å². The van der Waals surface area contributed by atoms with Gasteiger partial charge in [-0.05, 0) is 31.4 Å². The molecule has 1 aromatic rings. The Hall–Kier alpha value is -1.02. The van der Waals surface area contributed by atoms with Crippen LogP contribution in [0.2, 0.25) is 5.02 Å². The Balaban J connectivity index is 0.00000338. The highest BCUT2D eigenvalue weighted by Gasteiger charge is 2.29. The Morgan fingerprint density at radius 1 is 1.19 bits per heavy atom. The number of carbonyl (C=O) groups excluding carboxylic acids is 1. The highest BCUT2D eigenvalue weighted by atomic mass is 127. The van der Waals surface area contributed by atoms with E-state index in [4.69, 9.17) is 11.6 Å². The van der Waals surface area contributed by atoms with Crippen LogP contribution in [0.5, 0.6) is 0 Å². The number of benzene rings is 1. The van der Waals surface area contributed by atoms with Gasteiger partial charge in [-0.3, -0.25) is 9.79 Å². The van der Waals surface area contributed by atoms with E-state index in [0.717, 1.165) is 35.9 Å². The first-order valence-corrected chi connectivity index (χ1v) is 9.36. The first-order chi connectivity index (χ1) is 11.9. The van der Waals surface area contributed by atoms with E-state index in [9.17, 15) is 4.79 Å². The van der Waals surface area contributed by atoms with Crippen molar-refractivity contribution in [2.75, 3.05) is 26.2 Å². The van der Waals surface area contributed by atoms with Gasteiger partial charge in [-0.2, -0.15) is 0 Å². The number of nitrogens with one attached hydrogen (secondary N) is 3. The van der Waals surface area contributed by atoms with E-state index in [1.54, 1.807) is 0 Å². The van der Waals surface area contributed by atoms with Crippen molar-refractivity contribution in [1.29, 1.82) is 0 Å². The van der Waals surface area contributed by atoms with Crippen molar-refractivity contribution in [3.8, 4) is 0 Å². The first kappa shape index (κ1) is 23.0. The van der Waals surface area contributed by atoms with Gasteiger partial charge in [-0.1, -0.05) is 43.6 Å². The summed E-state index contributed by atoms with van der Waals surface area (Å²) in [5.41, 5.74) is 0.925. The Kier molecular flexibility index (Phi) is 9.71. The smallest absolute Gasteiger partial charge is 0.223 e. The van der Waals surface area contributed by atoms with Crippen molar-refractivity contribution in [1.82, 2.24) is 16.0 Å². The van der Waals surface area contributed by atoms with Crippen molar-refractivity contribution >= 4 is 47.4 Å². The molecule has 146 valence electrons. The topological polar surface area (TPSA) is 65.5 Å². The summed E-state index contributed by atoms with van der Waals surface area (Å²) in [5.74, 6) is 1.17. The second kappa shape index (κ2) is 11.0. The summed E-state index contributed by atoms with van der Waals surface area (Å²) < 4.78 is 0. The molecule has 0 spiro atoms. The average molecular weight is 493 g/mol. The Morgan fingerprint density at radius 3 is 2.46 bits per heavy atom. The van der Waals surface area contributed by atoms with Gasteiger partial charge in [0.15, 0.2) is 5.96 Å². The molecular formula is C19H30ClIN4O. The lowest BCUT2D eigenvalue weighted by molar-refractivity contribution is -0.122. The van der Waals surface area contributed by atoms with Crippen molar-refractivity contribution in [3.05, 3.63) is 34.9 Å². The zero-order valence-corrected chi connectivity index (χ0v) is 18.9. The zero-order valence-electron chi connectivity index (χ0n) is 15.8. The maximum absolute atomic E-state index is 11.6. The molecule has 1 saturated carbocycles. The quantitative estimate of drug-likeness (QED) is 0.226. The van der Waals surface area contributed by atoms with E-state index in [2.05, 4.69) is 34.8 Å². The number of nitrogens with zero attached hydrogens (tertiary/aromatic N) is 1. The molecule has 5 nitrogen and oxygen atoms in total. The van der Waals surface area contributed by atoms with Gasteiger partial charge in [-0.15, -0.1) is 24.0 Å². The van der Waals surface area contributed by atoms with Gasteiger partial charge in [0.25, 0.3) is 0 Å². The Bertz CT molecular complexity index is 617. The molecule has 0 radical (unpaired) electrons. The summed E-state index contributed by atoms with van der Waals surface area (Å²) in [7, 11) is 0. The number of aliphatic imine (C=N–C) groups is 1. The molecule has 1 aliphatic rings. The summed E-state index contributed by atoms with van der Waals surface area (Å²) in [4.78, 5) is 16.3. The van der Waals surface area contributed by atoms with E-state index in [-0.39, 0.29) is 41.2 Å². The fourth-order valence-corrected chi connectivity index (χ4v) is 2.96. The second-order valence-corrected chi connectivity index (χ2v) is 7.46. The van der Waals surface area contributed by atoms with Gasteiger partial charge in [-0.25, -0.2) is 0 Å². The number of guanidine groups is 1. The van der Waals surface area contributed by atoms with Crippen LogP contribution in [-0.2, 0) is 10.2 Å². The molecule has 0 aliphatic heterocycles. The minimum Gasteiger partial charge on any atom is -0.357 e. The molecule has 0 bridgehead atoms. The summed E-state index contributed by atoms with van der Waals surface area (Å²) in [6.07, 6.45) is 2.06. The summed E-state index contributed by atoms with van der Waals surface area (Å²) in [5, 5.41) is 10.2. The molecule has 0 atom stereocenters. The molecule has 3 N–H and O–H groups in total. The lowest BCUT2D eigenvalue weighted by Crippen LogP contribution is -2.42. The number of rotatable bonds is 8. The van der Waals surface area contributed by atoms with Crippen LogP contribution >= 0.6 is 35.6 Å². The number of carbonyl (C=O) groups is 1. The van der Waals surface area contributed by atoms with Crippen LogP contribution in [0.4, 0.5) is 0 Å². The molecule has 7 heteroatoms. The molecule has 0 unspecified atom stereocenters. The van der Waals surface area contributed by atoms with Gasteiger partial charge in [0.05, 0.1) is 6.54 Å². The number of amides is 1. The predicted molar refractivity (Wildman–Crippen MR) is 120 cm³/mol. The minimum atomic E-state index is -0.166. The number of hydrogen-bond donors (Lipinski definition) is 3. The predicted octanol–water partition coefficient (Wildman–Crippen LogP) is 3.32. The molecule has 26 heavy (non-hydrogen) atoms. The van der Waals surface area contributed by atoms with Crippen molar-refractivity contribution in [2.24, 2.45) is 10.9 Å². The highest BCUT2D eigenvalue weighted by Crippen LogP contribution is 2.30. The molecule has 0 heterocycles. The van der Waals surface area contributed by atoms with Crippen LogP contribution in [0.15, 0.2) is 29.3 Å². The van der Waals surface area contributed by atoms with Crippen molar-refractivity contribution < 1.29 is 4.79 Å². The zero-order chi connectivity index (χ0) is 18.3. The lowest BCUT2D eigenvalue weighted by Gasteiger charge is -2.25. The number of halogens is 2. The van der Waals surface area contributed by atoms with E-state index < -0.39 is 0 Å². The first-order valence-electron chi connectivity index (χ1n) is 8.99. The minimum absolute atomic E-state index is 0. The van der Waals surface area contributed by atoms with Crippen LogP contribution < -0.4 is 16.0 Å². The molecule has 1 aliphatic carbocycles. The van der Waals surface area contributed by atoms with E-state index in [1.807, 2.05) is 31.2 Å². The molecular weight excluding hydrogens is 463 g/mol. The SMILES string of the molecule is CCNC(=NCC(C)(C)c1ccccc1Cl)NCCNC(=O)C1CC1.I. The van der Waals surface area contributed by atoms with E-state index in [1.165, 1.54) is 0 Å². The molecule has 1 fully saturated rings. The van der Waals surface area contributed by atoms with Crippen molar-refractivity contribution in [3.63, 3.8) is 0 Å².